The highest BCUT2D eigenvalue weighted by molar-refractivity contribution is 5.94. The molecule has 3 nitrogen and oxygen atoms in total. The molecular weight excluding hydrogens is 284 g/mol. The van der Waals surface area contributed by atoms with Gasteiger partial charge in [-0.1, -0.05) is 43.3 Å². The first-order valence-corrected chi connectivity index (χ1v) is 8.07. The summed E-state index contributed by atoms with van der Waals surface area (Å²) in [5.74, 6) is -0.0749. The first-order valence-electron chi connectivity index (χ1n) is 8.07. The molecule has 0 aromatic heterocycles. The Labute approximate surface area is 139 Å². The molecule has 23 heavy (non-hydrogen) atoms. The number of carbonyl (C=O) groups excluding carboxylic acids is 1. The summed E-state index contributed by atoms with van der Waals surface area (Å²) >= 11 is 0. The molecule has 0 saturated heterocycles. The van der Waals surface area contributed by atoms with Gasteiger partial charge in [-0.05, 0) is 49.9 Å². The van der Waals surface area contributed by atoms with Crippen molar-refractivity contribution in [1.29, 1.82) is 0 Å². The highest BCUT2D eigenvalue weighted by Crippen LogP contribution is 2.22. The Morgan fingerprint density at radius 3 is 1.78 bits per heavy atom. The van der Waals surface area contributed by atoms with Gasteiger partial charge in [0.05, 0.1) is 5.92 Å². The Morgan fingerprint density at radius 1 is 0.870 bits per heavy atom. The maximum Gasteiger partial charge on any atom is 0.228 e. The number of para-hydroxylation sites is 2. The largest absolute Gasteiger partial charge is 0.384 e. The van der Waals surface area contributed by atoms with Gasteiger partial charge in [0.25, 0.3) is 0 Å². The van der Waals surface area contributed by atoms with Crippen molar-refractivity contribution in [1.82, 2.24) is 0 Å². The zero-order valence-electron chi connectivity index (χ0n) is 14.7. The molecule has 2 aromatic carbocycles. The summed E-state index contributed by atoms with van der Waals surface area (Å²) in [4.78, 5) is 12.5. The second kappa shape index (κ2) is 7.32. The fraction of sp³-hybridized carbons (Fsp3) is 0.350. The monoisotopic (exact) mass is 310 g/mol. The molecule has 1 unspecified atom stereocenters. The van der Waals surface area contributed by atoms with Gasteiger partial charge in [-0.2, -0.15) is 0 Å². The average molecular weight is 310 g/mol. The molecular formula is C20H26N2O. The van der Waals surface area contributed by atoms with Crippen molar-refractivity contribution in [3.63, 3.8) is 0 Å². The molecule has 0 radical (unpaired) electrons. The highest BCUT2D eigenvalue weighted by Gasteiger charge is 2.15. The van der Waals surface area contributed by atoms with Crippen LogP contribution in [0, 0.1) is 33.6 Å². The van der Waals surface area contributed by atoms with Crippen LogP contribution in [0.2, 0.25) is 0 Å². The number of nitrogens with one attached hydrogen (secondary N) is 2. The highest BCUT2D eigenvalue weighted by atomic mass is 16.1. The predicted molar refractivity (Wildman–Crippen MR) is 98.1 cm³/mol. The zero-order chi connectivity index (χ0) is 17.0. The Hall–Kier alpha value is -2.29. The van der Waals surface area contributed by atoms with Crippen molar-refractivity contribution in [2.75, 3.05) is 17.2 Å². The van der Waals surface area contributed by atoms with Gasteiger partial charge in [0.2, 0.25) is 5.91 Å². The lowest BCUT2D eigenvalue weighted by molar-refractivity contribution is -0.119. The number of amides is 1. The molecule has 0 spiro atoms. The van der Waals surface area contributed by atoms with Crippen LogP contribution in [0.4, 0.5) is 11.4 Å². The van der Waals surface area contributed by atoms with E-state index in [9.17, 15) is 4.79 Å². The van der Waals surface area contributed by atoms with Crippen molar-refractivity contribution in [3.05, 3.63) is 58.7 Å². The number of benzene rings is 2. The predicted octanol–water partition coefficient (Wildman–Crippen LogP) is 4.61. The first kappa shape index (κ1) is 17.1. The number of hydrogen-bond acceptors (Lipinski definition) is 2. The summed E-state index contributed by atoms with van der Waals surface area (Å²) in [7, 11) is 0. The third-order valence-electron chi connectivity index (χ3n) is 4.24. The number of rotatable bonds is 5. The van der Waals surface area contributed by atoms with Crippen molar-refractivity contribution >= 4 is 17.3 Å². The lowest BCUT2D eigenvalue weighted by atomic mass is 10.1. The zero-order valence-corrected chi connectivity index (χ0v) is 14.7. The van der Waals surface area contributed by atoms with Crippen LogP contribution in [0.1, 0.15) is 29.2 Å². The lowest BCUT2D eigenvalue weighted by Gasteiger charge is -2.18. The van der Waals surface area contributed by atoms with Crippen LogP contribution in [0.15, 0.2) is 36.4 Å². The van der Waals surface area contributed by atoms with E-state index in [1.165, 1.54) is 11.1 Å². The minimum atomic E-state index is -0.118. The molecule has 2 N–H and O–H groups in total. The molecule has 0 bridgehead atoms. The Morgan fingerprint density at radius 2 is 1.30 bits per heavy atom. The van der Waals surface area contributed by atoms with Gasteiger partial charge >= 0.3 is 0 Å². The third-order valence-corrected chi connectivity index (χ3v) is 4.24. The van der Waals surface area contributed by atoms with E-state index in [0.717, 1.165) is 22.5 Å². The van der Waals surface area contributed by atoms with Crippen molar-refractivity contribution in [3.8, 4) is 0 Å². The summed E-state index contributed by atoms with van der Waals surface area (Å²) in [5, 5.41) is 6.48. The number of anilines is 2. The van der Waals surface area contributed by atoms with E-state index < -0.39 is 0 Å². The number of aryl methyl sites for hydroxylation is 4. The second-order valence-corrected chi connectivity index (χ2v) is 6.30. The first-order chi connectivity index (χ1) is 10.9. The molecule has 0 saturated carbocycles. The molecule has 0 aliphatic rings. The van der Waals surface area contributed by atoms with Crippen LogP contribution in [0.3, 0.4) is 0 Å². The molecule has 0 aliphatic heterocycles. The third kappa shape index (κ3) is 4.13. The SMILES string of the molecule is Cc1cccc(C)c1NCC(C)C(=O)Nc1c(C)cccc1C. The average Bonchev–Trinajstić information content (AvgIpc) is 2.50. The minimum absolute atomic E-state index is 0.0427. The smallest absolute Gasteiger partial charge is 0.228 e. The van der Waals surface area contributed by atoms with Crippen molar-refractivity contribution in [2.45, 2.75) is 34.6 Å². The van der Waals surface area contributed by atoms with Crippen molar-refractivity contribution in [2.24, 2.45) is 5.92 Å². The quantitative estimate of drug-likeness (QED) is 0.847. The van der Waals surface area contributed by atoms with E-state index in [0.29, 0.717) is 6.54 Å². The Kier molecular flexibility index (Phi) is 5.43. The van der Waals surface area contributed by atoms with Crippen LogP contribution in [-0.4, -0.2) is 12.5 Å². The molecule has 2 aromatic rings. The molecule has 1 amide bonds. The molecule has 2 rings (SSSR count). The number of carbonyl (C=O) groups is 1. The molecule has 0 fully saturated rings. The molecule has 122 valence electrons. The van der Waals surface area contributed by atoms with Gasteiger partial charge in [-0.3, -0.25) is 4.79 Å². The van der Waals surface area contributed by atoms with E-state index in [-0.39, 0.29) is 11.8 Å². The van der Waals surface area contributed by atoms with Crippen LogP contribution in [0.5, 0.6) is 0 Å². The fourth-order valence-electron chi connectivity index (χ4n) is 2.70. The summed E-state index contributed by atoms with van der Waals surface area (Å²) in [6.45, 7) is 10.8. The van der Waals surface area contributed by atoms with E-state index in [1.54, 1.807) is 0 Å². The van der Waals surface area contributed by atoms with Gasteiger partial charge in [-0.25, -0.2) is 0 Å². The molecule has 0 aliphatic carbocycles. The summed E-state index contributed by atoms with van der Waals surface area (Å²) in [5.41, 5.74) is 6.64. The van der Waals surface area contributed by atoms with Crippen LogP contribution >= 0.6 is 0 Å². The standard InChI is InChI=1S/C20H26N2O/c1-13-8-6-9-14(2)18(13)21-12-17(5)20(23)22-19-15(3)10-7-11-16(19)4/h6-11,17,21H,12H2,1-5H3,(H,22,23). The van der Waals surface area contributed by atoms with Gasteiger partial charge in [0, 0.05) is 17.9 Å². The van der Waals surface area contributed by atoms with E-state index >= 15 is 0 Å². The normalized spacial score (nSPS) is 11.9. The summed E-state index contributed by atoms with van der Waals surface area (Å²) in [6, 6.07) is 12.2. The fourth-order valence-corrected chi connectivity index (χ4v) is 2.70. The molecule has 3 heteroatoms. The van der Waals surface area contributed by atoms with Crippen LogP contribution in [-0.2, 0) is 4.79 Å². The topological polar surface area (TPSA) is 41.1 Å². The second-order valence-electron chi connectivity index (χ2n) is 6.30. The lowest BCUT2D eigenvalue weighted by Crippen LogP contribution is -2.27. The Bertz CT molecular complexity index is 666. The van der Waals surface area contributed by atoms with E-state index in [4.69, 9.17) is 0 Å². The summed E-state index contributed by atoms with van der Waals surface area (Å²) in [6.07, 6.45) is 0. The van der Waals surface area contributed by atoms with Gasteiger partial charge < -0.3 is 10.6 Å². The van der Waals surface area contributed by atoms with Gasteiger partial charge in [-0.15, -0.1) is 0 Å². The van der Waals surface area contributed by atoms with Gasteiger partial charge in [0.1, 0.15) is 0 Å². The molecule has 1 atom stereocenters. The minimum Gasteiger partial charge on any atom is -0.384 e. The van der Waals surface area contributed by atoms with E-state index in [1.807, 2.05) is 45.0 Å². The van der Waals surface area contributed by atoms with Gasteiger partial charge in [0.15, 0.2) is 0 Å². The van der Waals surface area contributed by atoms with Crippen LogP contribution in [0.25, 0.3) is 0 Å². The van der Waals surface area contributed by atoms with E-state index in [2.05, 4.69) is 36.6 Å². The maximum atomic E-state index is 12.5. The Balaban J connectivity index is 2.01. The maximum absolute atomic E-state index is 12.5. The molecule has 0 heterocycles. The van der Waals surface area contributed by atoms with Crippen LogP contribution < -0.4 is 10.6 Å². The summed E-state index contributed by atoms with van der Waals surface area (Å²) < 4.78 is 0. The number of hydrogen-bond donors (Lipinski definition) is 2. The van der Waals surface area contributed by atoms with Crippen molar-refractivity contribution < 1.29 is 4.79 Å².